The van der Waals surface area contributed by atoms with Gasteiger partial charge in [0.2, 0.25) is 0 Å². The summed E-state index contributed by atoms with van der Waals surface area (Å²) in [6.45, 7) is 3.98. The van der Waals surface area contributed by atoms with E-state index in [9.17, 15) is 9.59 Å². The van der Waals surface area contributed by atoms with Crippen LogP contribution in [0.1, 0.15) is 49.1 Å². The second-order valence-electron chi connectivity index (χ2n) is 7.22. The lowest BCUT2D eigenvalue weighted by atomic mass is 9.93. The Bertz CT molecular complexity index is 1110. The number of amides is 1. The average molecular weight is 406 g/mol. The van der Waals surface area contributed by atoms with Crippen LogP contribution in [-0.2, 0) is 11.2 Å². The van der Waals surface area contributed by atoms with Crippen molar-refractivity contribution in [3.63, 3.8) is 0 Å². The van der Waals surface area contributed by atoms with Crippen LogP contribution < -0.4 is 5.32 Å². The standard InChI is InChI=1S/C24H20ClNO3/c1-14-4-3-5-21(15(14)2)26-23(27)17-8-11-20-18(12-17)13-22(29-24(20)28)16-6-9-19(25)10-7-16/h3-12,22H,13H2,1-2H3,(H,26,27)/t22-/m0/s1. The fourth-order valence-corrected chi connectivity index (χ4v) is 3.61. The smallest absolute Gasteiger partial charge is 0.339 e. The first-order chi connectivity index (χ1) is 13.9. The third kappa shape index (κ3) is 3.89. The van der Waals surface area contributed by atoms with E-state index in [1.165, 1.54) is 0 Å². The molecule has 1 amide bonds. The van der Waals surface area contributed by atoms with Gasteiger partial charge in [-0.15, -0.1) is 0 Å². The van der Waals surface area contributed by atoms with E-state index in [-0.39, 0.29) is 11.9 Å². The monoisotopic (exact) mass is 405 g/mol. The lowest BCUT2D eigenvalue weighted by Gasteiger charge is -2.25. The molecule has 0 aliphatic carbocycles. The number of rotatable bonds is 3. The lowest BCUT2D eigenvalue weighted by molar-refractivity contribution is 0.0252. The summed E-state index contributed by atoms with van der Waals surface area (Å²) >= 11 is 5.95. The number of ether oxygens (including phenoxy) is 1. The summed E-state index contributed by atoms with van der Waals surface area (Å²) in [5, 5.41) is 3.59. The van der Waals surface area contributed by atoms with Gasteiger partial charge in [-0.1, -0.05) is 35.9 Å². The molecule has 29 heavy (non-hydrogen) atoms. The maximum Gasteiger partial charge on any atom is 0.339 e. The van der Waals surface area contributed by atoms with Gasteiger partial charge in [0.25, 0.3) is 5.91 Å². The van der Waals surface area contributed by atoms with Crippen LogP contribution in [0.5, 0.6) is 0 Å². The molecule has 1 aliphatic heterocycles. The average Bonchev–Trinajstić information content (AvgIpc) is 2.71. The Morgan fingerprint density at radius 3 is 2.59 bits per heavy atom. The number of carbonyl (C=O) groups excluding carboxylic acids is 2. The molecule has 4 rings (SSSR count). The van der Waals surface area contributed by atoms with Gasteiger partial charge in [0.1, 0.15) is 6.10 Å². The number of hydrogen-bond donors (Lipinski definition) is 1. The molecule has 5 heteroatoms. The Morgan fingerprint density at radius 2 is 1.83 bits per heavy atom. The second kappa shape index (κ2) is 7.72. The van der Waals surface area contributed by atoms with Gasteiger partial charge in [0.05, 0.1) is 5.56 Å². The molecule has 146 valence electrons. The third-order valence-electron chi connectivity index (χ3n) is 5.34. The fraction of sp³-hybridized carbons (Fsp3) is 0.167. The molecule has 4 nitrogen and oxygen atoms in total. The van der Waals surface area contributed by atoms with E-state index in [4.69, 9.17) is 16.3 Å². The first-order valence-corrected chi connectivity index (χ1v) is 9.77. The molecule has 0 unspecified atom stereocenters. The van der Waals surface area contributed by atoms with Crippen molar-refractivity contribution in [3.8, 4) is 0 Å². The van der Waals surface area contributed by atoms with E-state index >= 15 is 0 Å². The lowest BCUT2D eigenvalue weighted by Crippen LogP contribution is -2.23. The third-order valence-corrected chi connectivity index (χ3v) is 5.59. The highest BCUT2D eigenvalue weighted by atomic mass is 35.5. The molecular formula is C24H20ClNO3. The number of hydrogen-bond acceptors (Lipinski definition) is 3. The summed E-state index contributed by atoms with van der Waals surface area (Å²) in [5.41, 5.74) is 5.61. The van der Waals surface area contributed by atoms with Crippen molar-refractivity contribution >= 4 is 29.2 Å². The van der Waals surface area contributed by atoms with Gasteiger partial charge in [-0.25, -0.2) is 4.79 Å². The number of anilines is 1. The number of nitrogens with one attached hydrogen (secondary N) is 1. The van der Waals surface area contributed by atoms with Crippen LogP contribution in [0.25, 0.3) is 0 Å². The Labute approximate surface area is 174 Å². The predicted molar refractivity (Wildman–Crippen MR) is 114 cm³/mol. The molecule has 0 fully saturated rings. The summed E-state index contributed by atoms with van der Waals surface area (Å²) < 4.78 is 5.58. The zero-order valence-electron chi connectivity index (χ0n) is 16.2. The Balaban J connectivity index is 1.60. The predicted octanol–water partition coefficient (Wildman–Crippen LogP) is 5.66. The molecule has 1 aliphatic rings. The van der Waals surface area contributed by atoms with Crippen LogP contribution in [0.2, 0.25) is 5.02 Å². The van der Waals surface area contributed by atoms with Gasteiger partial charge in [-0.3, -0.25) is 4.79 Å². The maximum atomic E-state index is 12.8. The van der Waals surface area contributed by atoms with Crippen molar-refractivity contribution in [2.75, 3.05) is 5.32 Å². The number of fused-ring (bicyclic) bond motifs is 1. The van der Waals surface area contributed by atoms with Crippen LogP contribution in [0.3, 0.4) is 0 Å². The van der Waals surface area contributed by atoms with Crippen molar-refractivity contribution in [1.29, 1.82) is 0 Å². The molecule has 0 bridgehead atoms. The number of benzene rings is 3. The molecule has 0 saturated carbocycles. The summed E-state index contributed by atoms with van der Waals surface area (Å²) in [6, 6.07) is 18.1. The van der Waals surface area contributed by atoms with E-state index in [1.54, 1.807) is 30.3 Å². The normalized spacial score (nSPS) is 15.4. The van der Waals surface area contributed by atoms with Gasteiger partial charge in [-0.05, 0) is 72.5 Å². The number of carbonyl (C=O) groups is 2. The first kappa shape index (κ1) is 19.2. The summed E-state index contributed by atoms with van der Waals surface area (Å²) in [5.74, 6) is -0.587. The highest BCUT2D eigenvalue weighted by molar-refractivity contribution is 6.30. The van der Waals surface area contributed by atoms with Crippen molar-refractivity contribution in [1.82, 2.24) is 0 Å². The molecule has 3 aromatic rings. The number of cyclic esters (lactones) is 1. The zero-order chi connectivity index (χ0) is 20.5. The van der Waals surface area contributed by atoms with E-state index in [0.29, 0.717) is 22.6 Å². The van der Waals surface area contributed by atoms with Crippen molar-refractivity contribution < 1.29 is 14.3 Å². The van der Waals surface area contributed by atoms with Crippen molar-refractivity contribution in [2.24, 2.45) is 0 Å². The Morgan fingerprint density at radius 1 is 1.07 bits per heavy atom. The summed E-state index contributed by atoms with van der Waals surface area (Å²) in [7, 11) is 0. The quantitative estimate of drug-likeness (QED) is 0.572. The SMILES string of the molecule is Cc1cccc(NC(=O)c2ccc3c(c2)C[C@@H](c2ccc(Cl)cc2)OC3=O)c1C. The first-order valence-electron chi connectivity index (χ1n) is 9.39. The van der Waals surface area contributed by atoms with Crippen LogP contribution in [-0.4, -0.2) is 11.9 Å². The topological polar surface area (TPSA) is 55.4 Å². The van der Waals surface area contributed by atoms with Crippen LogP contribution >= 0.6 is 11.6 Å². The van der Waals surface area contributed by atoms with Gasteiger partial charge < -0.3 is 10.1 Å². The summed E-state index contributed by atoms with van der Waals surface area (Å²) in [6.07, 6.45) is 0.109. The molecule has 0 spiro atoms. The zero-order valence-corrected chi connectivity index (χ0v) is 16.9. The largest absolute Gasteiger partial charge is 0.454 e. The number of aryl methyl sites for hydroxylation is 1. The molecule has 1 atom stereocenters. The molecule has 0 saturated heterocycles. The maximum absolute atomic E-state index is 12.8. The Kier molecular flexibility index (Phi) is 5.12. The molecule has 3 aromatic carbocycles. The van der Waals surface area contributed by atoms with Gasteiger partial charge in [0.15, 0.2) is 0 Å². The van der Waals surface area contributed by atoms with E-state index in [1.807, 2.05) is 44.2 Å². The molecule has 0 aromatic heterocycles. The van der Waals surface area contributed by atoms with Crippen LogP contribution in [0, 0.1) is 13.8 Å². The highest BCUT2D eigenvalue weighted by Crippen LogP contribution is 2.32. The van der Waals surface area contributed by atoms with Gasteiger partial charge in [-0.2, -0.15) is 0 Å². The van der Waals surface area contributed by atoms with Crippen molar-refractivity contribution in [3.05, 3.63) is 99.1 Å². The molecule has 0 radical (unpaired) electrons. The fourth-order valence-electron chi connectivity index (χ4n) is 3.48. The summed E-state index contributed by atoms with van der Waals surface area (Å²) in [4.78, 5) is 25.2. The molecule has 1 N–H and O–H groups in total. The Hall–Kier alpha value is -3.11. The van der Waals surface area contributed by atoms with Gasteiger partial charge >= 0.3 is 5.97 Å². The minimum Gasteiger partial charge on any atom is -0.454 e. The van der Waals surface area contributed by atoms with E-state index in [0.717, 1.165) is 27.9 Å². The molecule has 1 heterocycles. The van der Waals surface area contributed by atoms with E-state index < -0.39 is 6.10 Å². The number of esters is 1. The minimum absolute atomic E-state index is 0.205. The number of halogens is 1. The second-order valence-corrected chi connectivity index (χ2v) is 7.66. The van der Waals surface area contributed by atoms with Crippen LogP contribution in [0.15, 0.2) is 60.7 Å². The minimum atomic E-state index is -0.399. The molecular weight excluding hydrogens is 386 g/mol. The van der Waals surface area contributed by atoms with Crippen molar-refractivity contribution in [2.45, 2.75) is 26.4 Å². The van der Waals surface area contributed by atoms with Crippen LogP contribution in [0.4, 0.5) is 5.69 Å². The highest BCUT2D eigenvalue weighted by Gasteiger charge is 2.28. The van der Waals surface area contributed by atoms with Gasteiger partial charge in [0, 0.05) is 22.7 Å². The van der Waals surface area contributed by atoms with E-state index in [2.05, 4.69) is 5.32 Å².